The SMILES string of the molecule is O=C(Oc1ccc(S(=O)(=O)N2CCOCC2)cc1)c1cccc(Cl)c1. The van der Waals surface area contributed by atoms with Crippen molar-refractivity contribution in [3.8, 4) is 5.75 Å². The van der Waals surface area contributed by atoms with Crippen LogP contribution in [-0.4, -0.2) is 45.0 Å². The van der Waals surface area contributed by atoms with Crippen molar-refractivity contribution < 1.29 is 22.7 Å². The first-order valence-corrected chi connectivity index (χ1v) is 9.44. The third-order valence-corrected chi connectivity index (χ3v) is 5.85. The van der Waals surface area contributed by atoms with E-state index in [1.165, 1.54) is 34.6 Å². The predicted molar refractivity (Wildman–Crippen MR) is 92.4 cm³/mol. The van der Waals surface area contributed by atoms with E-state index in [0.717, 1.165) is 0 Å². The Labute approximate surface area is 151 Å². The van der Waals surface area contributed by atoms with Crippen LogP contribution >= 0.6 is 11.6 Å². The highest BCUT2D eigenvalue weighted by Crippen LogP contribution is 2.21. The van der Waals surface area contributed by atoms with Gasteiger partial charge in [-0.2, -0.15) is 4.31 Å². The Morgan fingerprint density at radius 1 is 1.08 bits per heavy atom. The molecular weight excluding hydrogens is 366 g/mol. The first kappa shape index (κ1) is 17.9. The van der Waals surface area contributed by atoms with Crippen LogP contribution in [0.25, 0.3) is 0 Å². The molecule has 8 heteroatoms. The molecule has 2 aromatic carbocycles. The zero-order valence-corrected chi connectivity index (χ0v) is 14.8. The molecule has 0 aromatic heterocycles. The summed E-state index contributed by atoms with van der Waals surface area (Å²) in [6, 6.07) is 12.1. The van der Waals surface area contributed by atoms with Crippen LogP contribution in [0.4, 0.5) is 0 Å². The van der Waals surface area contributed by atoms with Crippen LogP contribution in [0.1, 0.15) is 10.4 Å². The van der Waals surface area contributed by atoms with Gasteiger partial charge in [-0.1, -0.05) is 17.7 Å². The van der Waals surface area contributed by atoms with E-state index < -0.39 is 16.0 Å². The molecule has 0 atom stereocenters. The number of hydrogen-bond acceptors (Lipinski definition) is 5. The largest absolute Gasteiger partial charge is 0.423 e. The molecule has 0 saturated carbocycles. The van der Waals surface area contributed by atoms with Crippen LogP contribution in [0, 0.1) is 0 Å². The van der Waals surface area contributed by atoms with Crippen molar-refractivity contribution in [2.45, 2.75) is 4.90 Å². The van der Waals surface area contributed by atoms with Gasteiger partial charge in [0.25, 0.3) is 0 Å². The molecule has 3 rings (SSSR count). The molecule has 0 N–H and O–H groups in total. The van der Waals surface area contributed by atoms with Crippen molar-refractivity contribution in [2.75, 3.05) is 26.3 Å². The fourth-order valence-corrected chi connectivity index (χ4v) is 4.00. The zero-order valence-electron chi connectivity index (χ0n) is 13.2. The topological polar surface area (TPSA) is 72.9 Å². The summed E-state index contributed by atoms with van der Waals surface area (Å²) in [5.74, 6) is -0.308. The normalized spacial score (nSPS) is 15.7. The number of ether oxygens (including phenoxy) is 2. The maximum absolute atomic E-state index is 12.5. The van der Waals surface area contributed by atoms with E-state index >= 15 is 0 Å². The number of rotatable bonds is 4. The molecule has 1 aliphatic rings. The summed E-state index contributed by atoms with van der Waals surface area (Å²) < 4.78 is 36.8. The van der Waals surface area contributed by atoms with Gasteiger partial charge >= 0.3 is 5.97 Å². The highest BCUT2D eigenvalue weighted by Gasteiger charge is 2.26. The third-order valence-electron chi connectivity index (χ3n) is 3.70. The Kier molecular flexibility index (Phi) is 5.39. The molecule has 1 saturated heterocycles. The lowest BCUT2D eigenvalue weighted by atomic mass is 10.2. The molecule has 0 unspecified atom stereocenters. The van der Waals surface area contributed by atoms with Gasteiger partial charge < -0.3 is 9.47 Å². The van der Waals surface area contributed by atoms with E-state index in [-0.39, 0.29) is 10.6 Å². The van der Waals surface area contributed by atoms with E-state index in [2.05, 4.69) is 0 Å². The predicted octanol–water partition coefficient (Wildman–Crippen LogP) is 2.58. The molecule has 0 radical (unpaired) electrons. The van der Waals surface area contributed by atoms with Gasteiger partial charge in [0.1, 0.15) is 5.75 Å². The Hall–Kier alpha value is -1.93. The molecule has 0 amide bonds. The second kappa shape index (κ2) is 7.53. The number of hydrogen-bond donors (Lipinski definition) is 0. The number of carbonyl (C=O) groups is 1. The van der Waals surface area contributed by atoms with Crippen molar-refractivity contribution in [1.29, 1.82) is 0 Å². The highest BCUT2D eigenvalue weighted by atomic mass is 35.5. The number of morpholine rings is 1. The number of nitrogens with zero attached hydrogens (tertiary/aromatic N) is 1. The van der Waals surface area contributed by atoms with Crippen molar-refractivity contribution in [3.63, 3.8) is 0 Å². The number of carbonyl (C=O) groups excluding carboxylic acids is 1. The van der Waals surface area contributed by atoms with E-state index in [4.69, 9.17) is 21.1 Å². The Bertz CT molecular complexity index is 861. The molecule has 1 fully saturated rings. The average Bonchev–Trinajstić information content (AvgIpc) is 2.63. The minimum absolute atomic E-state index is 0.150. The minimum atomic E-state index is -3.57. The van der Waals surface area contributed by atoms with E-state index in [0.29, 0.717) is 36.9 Å². The highest BCUT2D eigenvalue weighted by molar-refractivity contribution is 7.89. The second-order valence-corrected chi connectivity index (χ2v) is 7.76. The maximum atomic E-state index is 12.5. The van der Waals surface area contributed by atoms with Gasteiger partial charge in [0, 0.05) is 18.1 Å². The van der Waals surface area contributed by atoms with Crippen LogP contribution in [0.3, 0.4) is 0 Å². The monoisotopic (exact) mass is 381 g/mol. The van der Waals surface area contributed by atoms with Crippen LogP contribution in [0.5, 0.6) is 5.75 Å². The number of benzene rings is 2. The summed E-state index contributed by atoms with van der Waals surface area (Å²) in [5, 5.41) is 0.432. The first-order valence-electron chi connectivity index (χ1n) is 7.62. The quantitative estimate of drug-likeness (QED) is 0.601. The van der Waals surface area contributed by atoms with Gasteiger partial charge in [-0.25, -0.2) is 13.2 Å². The van der Waals surface area contributed by atoms with Crippen molar-refractivity contribution in [1.82, 2.24) is 4.31 Å². The Balaban J connectivity index is 1.73. The average molecular weight is 382 g/mol. The van der Waals surface area contributed by atoms with Gasteiger partial charge in [0.05, 0.1) is 23.7 Å². The lowest BCUT2D eigenvalue weighted by Gasteiger charge is -2.26. The van der Waals surface area contributed by atoms with Crippen LogP contribution in [0.2, 0.25) is 5.02 Å². The molecule has 6 nitrogen and oxygen atoms in total. The first-order chi connectivity index (χ1) is 12.0. The molecule has 132 valence electrons. The standard InChI is InChI=1S/C17H16ClNO5S/c18-14-3-1-2-13(12-14)17(20)24-15-4-6-16(7-5-15)25(21,22)19-8-10-23-11-9-19/h1-7,12H,8-11H2. The maximum Gasteiger partial charge on any atom is 0.343 e. The van der Waals surface area contributed by atoms with Gasteiger partial charge in [-0.05, 0) is 42.5 Å². The van der Waals surface area contributed by atoms with Gasteiger partial charge in [-0.15, -0.1) is 0 Å². The molecule has 0 bridgehead atoms. The lowest BCUT2D eigenvalue weighted by molar-refractivity contribution is 0.0728. The molecule has 2 aromatic rings. The van der Waals surface area contributed by atoms with E-state index in [1.54, 1.807) is 18.2 Å². The summed E-state index contributed by atoms with van der Waals surface area (Å²) in [7, 11) is -3.57. The second-order valence-electron chi connectivity index (χ2n) is 5.39. The fourth-order valence-electron chi connectivity index (χ4n) is 2.40. The molecule has 0 spiro atoms. The molecule has 1 aliphatic heterocycles. The molecule has 25 heavy (non-hydrogen) atoms. The van der Waals surface area contributed by atoms with Crippen molar-refractivity contribution in [2.24, 2.45) is 0 Å². The Morgan fingerprint density at radius 2 is 1.76 bits per heavy atom. The number of halogens is 1. The zero-order chi connectivity index (χ0) is 17.9. The number of esters is 1. The summed E-state index contributed by atoms with van der Waals surface area (Å²) >= 11 is 5.85. The minimum Gasteiger partial charge on any atom is -0.423 e. The van der Waals surface area contributed by atoms with Crippen LogP contribution in [-0.2, 0) is 14.8 Å². The molecule has 0 aliphatic carbocycles. The van der Waals surface area contributed by atoms with Gasteiger partial charge in [-0.3, -0.25) is 0 Å². The van der Waals surface area contributed by atoms with Gasteiger partial charge in [0.15, 0.2) is 0 Å². The summed E-state index contributed by atoms with van der Waals surface area (Å²) in [4.78, 5) is 12.2. The van der Waals surface area contributed by atoms with Gasteiger partial charge in [0.2, 0.25) is 10.0 Å². The van der Waals surface area contributed by atoms with Crippen LogP contribution in [0.15, 0.2) is 53.4 Å². The molecular formula is C17H16ClNO5S. The van der Waals surface area contributed by atoms with E-state index in [9.17, 15) is 13.2 Å². The lowest BCUT2D eigenvalue weighted by Crippen LogP contribution is -2.40. The summed E-state index contributed by atoms with van der Waals surface area (Å²) in [6.07, 6.45) is 0. The van der Waals surface area contributed by atoms with Crippen LogP contribution < -0.4 is 4.74 Å². The smallest absolute Gasteiger partial charge is 0.343 e. The third kappa shape index (κ3) is 4.19. The summed E-state index contributed by atoms with van der Waals surface area (Å²) in [5.41, 5.74) is 0.317. The van der Waals surface area contributed by atoms with E-state index in [1.807, 2.05) is 0 Å². The number of sulfonamides is 1. The van der Waals surface area contributed by atoms with Crippen molar-refractivity contribution in [3.05, 3.63) is 59.1 Å². The molecule has 1 heterocycles. The van der Waals surface area contributed by atoms with Crippen molar-refractivity contribution >= 4 is 27.6 Å². The Morgan fingerprint density at radius 3 is 2.40 bits per heavy atom. The fraction of sp³-hybridized carbons (Fsp3) is 0.235. The summed E-state index contributed by atoms with van der Waals surface area (Å²) in [6.45, 7) is 1.42.